The summed E-state index contributed by atoms with van der Waals surface area (Å²) in [5.74, 6) is 0.628. The second-order valence-electron chi connectivity index (χ2n) is 4.42. The van der Waals surface area contributed by atoms with Gasteiger partial charge in [-0.2, -0.15) is 5.10 Å². The maximum Gasteiger partial charge on any atom is 0.307 e. The molecule has 1 amide bonds. The Morgan fingerprint density at radius 2 is 2.41 bits per heavy atom. The lowest BCUT2D eigenvalue weighted by Gasteiger charge is -2.18. The van der Waals surface area contributed by atoms with Crippen LogP contribution in [0.15, 0.2) is 26.3 Å². The second kappa shape index (κ2) is 5.49. The van der Waals surface area contributed by atoms with Crippen molar-refractivity contribution < 1.29 is 9.21 Å². The Hall–Kier alpha value is -1.10. The van der Waals surface area contributed by atoms with Crippen molar-refractivity contribution in [2.45, 2.75) is 32.6 Å². The first-order valence-corrected chi connectivity index (χ1v) is 6.55. The van der Waals surface area contributed by atoms with Gasteiger partial charge in [-0.15, -0.1) is 0 Å². The van der Waals surface area contributed by atoms with E-state index < -0.39 is 0 Å². The van der Waals surface area contributed by atoms with Gasteiger partial charge in [0.25, 0.3) is 0 Å². The lowest BCUT2D eigenvalue weighted by molar-refractivity contribution is 0.0925. The molecule has 17 heavy (non-hydrogen) atoms. The van der Waals surface area contributed by atoms with Crippen molar-refractivity contribution in [2.24, 2.45) is 11.0 Å². The predicted molar refractivity (Wildman–Crippen MR) is 68.9 cm³/mol. The fourth-order valence-electron chi connectivity index (χ4n) is 1.98. The van der Waals surface area contributed by atoms with Crippen LogP contribution in [0, 0.1) is 5.92 Å². The Kier molecular flexibility index (Phi) is 3.99. The van der Waals surface area contributed by atoms with Crippen LogP contribution >= 0.6 is 15.9 Å². The van der Waals surface area contributed by atoms with Crippen LogP contribution in [-0.2, 0) is 0 Å². The van der Waals surface area contributed by atoms with Crippen LogP contribution in [0.5, 0.6) is 0 Å². The van der Waals surface area contributed by atoms with E-state index in [1.807, 2.05) is 0 Å². The van der Waals surface area contributed by atoms with Crippen LogP contribution in [0.4, 0.5) is 0 Å². The van der Waals surface area contributed by atoms with E-state index in [2.05, 4.69) is 33.4 Å². The number of hydrogen-bond acceptors (Lipinski definition) is 3. The third-order valence-corrected chi connectivity index (χ3v) is 3.29. The van der Waals surface area contributed by atoms with Crippen LogP contribution in [0.1, 0.15) is 43.2 Å². The van der Waals surface area contributed by atoms with E-state index in [0.717, 1.165) is 25.0 Å². The van der Waals surface area contributed by atoms with E-state index >= 15 is 0 Å². The molecule has 1 heterocycles. The van der Waals surface area contributed by atoms with E-state index in [9.17, 15) is 4.79 Å². The summed E-state index contributed by atoms with van der Waals surface area (Å²) in [6.07, 6.45) is 4.36. The van der Waals surface area contributed by atoms with Crippen molar-refractivity contribution in [3.05, 3.63) is 22.6 Å². The standard InChI is InChI=1S/C12H15BrN2O2/c1-8-3-2-4-9(7-8)14-15-12(16)10-5-6-11(13)17-10/h5-6,8H,2-4,7H2,1H3,(H,15,16)/t8-/m0/s1. The molecule has 1 N–H and O–H groups in total. The van der Waals surface area contributed by atoms with Gasteiger partial charge in [-0.25, -0.2) is 5.43 Å². The number of hydrazone groups is 1. The summed E-state index contributed by atoms with van der Waals surface area (Å²) in [7, 11) is 0. The van der Waals surface area contributed by atoms with Crippen LogP contribution in [0.3, 0.4) is 0 Å². The summed E-state index contributed by atoms with van der Waals surface area (Å²) in [5.41, 5.74) is 3.61. The lowest BCUT2D eigenvalue weighted by Crippen LogP contribution is -2.21. The molecule has 0 saturated heterocycles. The number of amides is 1. The smallest absolute Gasteiger partial charge is 0.307 e. The summed E-state index contributed by atoms with van der Waals surface area (Å²) in [6, 6.07) is 3.30. The average molecular weight is 299 g/mol. The fraction of sp³-hybridized carbons (Fsp3) is 0.500. The highest BCUT2D eigenvalue weighted by atomic mass is 79.9. The van der Waals surface area contributed by atoms with Crippen LogP contribution in [-0.4, -0.2) is 11.6 Å². The number of rotatable bonds is 2. The summed E-state index contributed by atoms with van der Waals surface area (Å²) in [5, 5.41) is 4.16. The van der Waals surface area contributed by atoms with E-state index in [1.165, 1.54) is 6.42 Å². The largest absolute Gasteiger partial charge is 0.444 e. The zero-order valence-electron chi connectivity index (χ0n) is 9.70. The minimum atomic E-state index is -0.304. The molecule has 2 rings (SSSR count). The third-order valence-electron chi connectivity index (χ3n) is 2.86. The molecule has 1 aromatic rings. The highest BCUT2D eigenvalue weighted by Crippen LogP contribution is 2.21. The fourth-order valence-corrected chi connectivity index (χ4v) is 2.29. The Bertz CT molecular complexity index is 439. The summed E-state index contributed by atoms with van der Waals surface area (Å²) < 4.78 is 5.68. The molecule has 1 fully saturated rings. The molecule has 0 spiro atoms. The van der Waals surface area contributed by atoms with Gasteiger partial charge >= 0.3 is 5.91 Å². The van der Waals surface area contributed by atoms with Crippen molar-refractivity contribution in [1.82, 2.24) is 5.43 Å². The molecule has 92 valence electrons. The van der Waals surface area contributed by atoms with Gasteiger partial charge in [-0.05, 0) is 59.7 Å². The Balaban J connectivity index is 1.93. The predicted octanol–water partition coefficient (Wildman–Crippen LogP) is 3.34. The van der Waals surface area contributed by atoms with Gasteiger partial charge in [0, 0.05) is 5.71 Å². The van der Waals surface area contributed by atoms with Gasteiger partial charge in [-0.3, -0.25) is 4.79 Å². The van der Waals surface area contributed by atoms with Crippen LogP contribution in [0.2, 0.25) is 0 Å². The number of hydrogen-bond donors (Lipinski definition) is 1. The van der Waals surface area contributed by atoms with E-state index in [4.69, 9.17) is 4.42 Å². The van der Waals surface area contributed by atoms with Crippen molar-refractivity contribution in [1.29, 1.82) is 0 Å². The average Bonchev–Trinajstić information content (AvgIpc) is 2.73. The molecule has 1 aliphatic rings. The van der Waals surface area contributed by atoms with Crippen molar-refractivity contribution in [2.75, 3.05) is 0 Å². The van der Waals surface area contributed by atoms with E-state index in [1.54, 1.807) is 12.1 Å². The Labute approximate surface area is 109 Å². The molecular formula is C12H15BrN2O2. The number of carbonyl (C=O) groups is 1. The maximum atomic E-state index is 11.6. The van der Waals surface area contributed by atoms with Gasteiger partial charge in [0.2, 0.25) is 0 Å². The highest BCUT2D eigenvalue weighted by molar-refractivity contribution is 9.10. The molecule has 0 bridgehead atoms. The first-order valence-electron chi connectivity index (χ1n) is 5.76. The van der Waals surface area contributed by atoms with Crippen molar-refractivity contribution in [3.8, 4) is 0 Å². The SMILES string of the molecule is C[C@H]1CCCC(=NNC(=O)c2ccc(Br)o2)C1. The normalized spacial score (nSPS) is 22.7. The quantitative estimate of drug-likeness (QED) is 0.852. The number of nitrogens with zero attached hydrogens (tertiary/aromatic N) is 1. The summed E-state index contributed by atoms with van der Waals surface area (Å²) in [6.45, 7) is 2.21. The molecule has 5 heteroatoms. The molecule has 1 aromatic heterocycles. The molecule has 4 nitrogen and oxygen atoms in total. The van der Waals surface area contributed by atoms with Gasteiger partial charge in [0.15, 0.2) is 10.4 Å². The number of carbonyl (C=O) groups excluding carboxylic acids is 1. The summed E-state index contributed by atoms with van der Waals surface area (Å²) >= 11 is 3.15. The zero-order valence-corrected chi connectivity index (χ0v) is 11.3. The third kappa shape index (κ3) is 3.43. The van der Waals surface area contributed by atoms with Gasteiger partial charge in [0.05, 0.1) is 0 Å². The van der Waals surface area contributed by atoms with Gasteiger partial charge in [0.1, 0.15) is 0 Å². The highest BCUT2D eigenvalue weighted by Gasteiger charge is 2.15. The molecule has 0 radical (unpaired) electrons. The molecule has 0 unspecified atom stereocenters. The Morgan fingerprint density at radius 1 is 1.59 bits per heavy atom. The molecule has 0 aliphatic heterocycles. The van der Waals surface area contributed by atoms with Crippen LogP contribution in [0.25, 0.3) is 0 Å². The minimum absolute atomic E-state index is 0.269. The van der Waals surface area contributed by atoms with Gasteiger partial charge in [-0.1, -0.05) is 6.92 Å². The van der Waals surface area contributed by atoms with Crippen molar-refractivity contribution >= 4 is 27.5 Å². The number of furan rings is 1. The van der Waals surface area contributed by atoms with E-state index in [-0.39, 0.29) is 11.7 Å². The Morgan fingerprint density at radius 3 is 3.06 bits per heavy atom. The number of nitrogens with one attached hydrogen (secondary N) is 1. The van der Waals surface area contributed by atoms with Crippen LogP contribution < -0.4 is 5.43 Å². The van der Waals surface area contributed by atoms with E-state index in [0.29, 0.717) is 10.6 Å². The monoisotopic (exact) mass is 298 g/mol. The van der Waals surface area contributed by atoms with Crippen molar-refractivity contribution in [3.63, 3.8) is 0 Å². The molecule has 0 aromatic carbocycles. The summed E-state index contributed by atoms with van der Waals surface area (Å²) in [4.78, 5) is 11.6. The lowest BCUT2D eigenvalue weighted by atomic mass is 9.89. The second-order valence-corrected chi connectivity index (χ2v) is 5.21. The molecular weight excluding hydrogens is 284 g/mol. The topological polar surface area (TPSA) is 54.6 Å². The number of halogens is 1. The maximum absolute atomic E-state index is 11.6. The molecule has 1 atom stereocenters. The molecule has 1 saturated carbocycles. The minimum Gasteiger partial charge on any atom is -0.444 e. The first-order chi connectivity index (χ1) is 8.15. The first kappa shape index (κ1) is 12.4. The zero-order chi connectivity index (χ0) is 12.3. The van der Waals surface area contributed by atoms with Gasteiger partial charge < -0.3 is 4.42 Å². The molecule has 1 aliphatic carbocycles.